The topological polar surface area (TPSA) is 21.3 Å². The van der Waals surface area contributed by atoms with Crippen LogP contribution in [0.5, 0.6) is 5.75 Å². The normalized spacial score (nSPS) is 16.9. The van der Waals surface area contributed by atoms with E-state index in [0.29, 0.717) is 6.04 Å². The molecule has 0 amide bonds. The minimum absolute atomic E-state index is 0.364. The van der Waals surface area contributed by atoms with Crippen molar-refractivity contribution in [2.24, 2.45) is 5.92 Å². The summed E-state index contributed by atoms with van der Waals surface area (Å²) in [6.07, 6.45) is 4.19. The molecule has 1 atom stereocenters. The third-order valence-corrected chi connectivity index (χ3v) is 3.55. The van der Waals surface area contributed by atoms with Gasteiger partial charge in [0.05, 0.1) is 7.11 Å². The maximum Gasteiger partial charge on any atom is 0.123 e. The van der Waals surface area contributed by atoms with Crippen LogP contribution in [0.4, 0.5) is 0 Å². The second kappa shape index (κ2) is 5.54. The summed E-state index contributed by atoms with van der Waals surface area (Å²) in [5.41, 5.74) is 2.56. The first-order chi connectivity index (χ1) is 8.20. The SMILES string of the molecule is COc1ccc(C)cc1C(C)NCCC1CC1. The molecule has 1 N–H and O–H groups in total. The van der Waals surface area contributed by atoms with Crippen molar-refractivity contribution in [1.29, 1.82) is 0 Å². The van der Waals surface area contributed by atoms with Crippen molar-refractivity contribution >= 4 is 0 Å². The molecule has 0 spiro atoms. The summed E-state index contributed by atoms with van der Waals surface area (Å²) in [6.45, 7) is 5.45. The zero-order valence-corrected chi connectivity index (χ0v) is 11.1. The Kier molecular flexibility index (Phi) is 4.06. The van der Waals surface area contributed by atoms with Crippen molar-refractivity contribution in [3.8, 4) is 5.75 Å². The zero-order valence-electron chi connectivity index (χ0n) is 11.1. The highest BCUT2D eigenvalue weighted by molar-refractivity contribution is 5.38. The zero-order chi connectivity index (χ0) is 12.3. The number of rotatable bonds is 6. The summed E-state index contributed by atoms with van der Waals surface area (Å²) < 4.78 is 5.42. The van der Waals surface area contributed by atoms with E-state index in [4.69, 9.17) is 4.74 Å². The fourth-order valence-corrected chi connectivity index (χ4v) is 2.21. The number of aryl methyl sites for hydroxylation is 1. The van der Waals surface area contributed by atoms with Crippen molar-refractivity contribution < 1.29 is 4.74 Å². The van der Waals surface area contributed by atoms with Gasteiger partial charge in [-0.2, -0.15) is 0 Å². The van der Waals surface area contributed by atoms with Crippen LogP contribution < -0.4 is 10.1 Å². The van der Waals surface area contributed by atoms with Gasteiger partial charge in [-0.3, -0.25) is 0 Å². The van der Waals surface area contributed by atoms with Crippen LogP contribution in [-0.2, 0) is 0 Å². The van der Waals surface area contributed by atoms with Gasteiger partial charge in [-0.25, -0.2) is 0 Å². The highest BCUT2D eigenvalue weighted by Crippen LogP contribution is 2.32. The lowest BCUT2D eigenvalue weighted by atomic mass is 10.0. The molecule has 1 saturated carbocycles. The predicted molar refractivity (Wildman–Crippen MR) is 71.5 cm³/mol. The summed E-state index contributed by atoms with van der Waals surface area (Å²) in [5.74, 6) is 1.98. The lowest BCUT2D eigenvalue weighted by Gasteiger charge is -2.18. The Labute approximate surface area is 104 Å². The van der Waals surface area contributed by atoms with Crippen LogP contribution >= 0.6 is 0 Å². The Morgan fingerprint density at radius 3 is 2.82 bits per heavy atom. The molecule has 1 aliphatic carbocycles. The Hall–Kier alpha value is -1.02. The highest BCUT2D eigenvalue weighted by Gasteiger charge is 2.20. The van der Waals surface area contributed by atoms with Gasteiger partial charge in [0.2, 0.25) is 0 Å². The van der Waals surface area contributed by atoms with E-state index >= 15 is 0 Å². The van der Waals surface area contributed by atoms with Gasteiger partial charge >= 0.3 is 0 Å². The molecule has 2 heteroatoms. The molecule has 0 saturated heterocycles. The summed E-state index contributed by atoms with van der Waals surface area (Å²) in [6, 6.07) is 6.74. The molecule has 0 heterocycles. The Balaban J connectivity index is 1.95. The van der Waals surface area contributed by atoms with Gasteiger partial charge in [0, 0.05) is 11.6 Å². The summed E-state index contributed by atoms with van der Waals surface area (Å²) in [5, 5.41) is 3.59. The molecule has 2 nitrogen and oxygen atoms in total. The van der Waals surface area contributed by atoms with E-state index in [9.17, 15) is 0 Å². The molecule has 17 heavy (non-hydrogen) atoms. The van der Waals surface area contributed by atoms with Crippen molar-refractivity contribution in [3.63, 3.8) is 0 Å². The van der Waals surface area contributed by atoms with E-state index < -0.39 is 0 Å². The summed E-state index contributed by atoms with van der Waals surface area (Å²) in [7, 11) is 1.74. The Morgan fingerprint density at radius 1 is 1.41 bits per heavy atom. The minimum Gasteiger partial charge on any atom is -0.496 e. The van der Waals surface area contributed by atoms with Gasteiger partial charge in [-0.05, 0) is 38.8 Å². The smallest absolute Gasteiger partial charge is 0.123 e. The number of nitrogens with one attached hydrogen (secondary N) is 1. The molecule has 0 aliphatic heterocycles. The monoisotopic (exact) mass is 233 g/mol. The number of ether oxygens (including phenoxy) is 1. The summed E-state index contributed by atoms with van der Waals surface area (Å²) >= 11 is 0. The quantitative estimate of drug-likeness (QED) is 0.812. The third-order valence-electron chi connectivity index (χ3n) is 3.55. The summed E-state index contributed by atoms with van der Waals surface area (Å²) in [4.78, 5) is 0. The molecule has 0 bridgehead atoms. The standard InChI is InChI=1S/C15H23NO/c1-11-4-7-15(17-3)14(10-11)12(2)16-9-8-13-5-6-13/h4,7,10,12-13,16H,5-6,8-9H2,1-3H3. The maximum absolute atomic E-state index is 5.42. The third kappa shape index (κ3) is 3.47. The average Bonchev–Trinajstić information content (AvgIpc) is 3.13. The Bertz CT molecular complexity index is 371. The molecule has 1 aliphatic rings. The maximum atomic E-state index is 5.42. The largest absolute Gasteiger partial charge is 0.496 e. The molecule has 2 rings (SSSR count). The van der Waals surface area contributed by atoms with E-state index in [1.165, 1.54) is 30.4 Å². The lowest BCUT2D eigenvalue weighted by Crippen LogP contribution is -2.20. The molecule has 0 radical (unpaired) electrons. The molecular formula is C15H23NO. The van der Waals surface area contributed by atoms with Crippen LogP contribution in [0, 0.1) is 12.8 Å². The second-order valence-electron chi connectivity index (χ2n) is 5.15. The molecule has 94 valence electrons. The number of hydrogen-bond donors (Lipinski definition) is 1. The van der Waals surface area contributed by atoms with Crippen LogP contribution in [0.2, 0.25) is 0 Å². The lowest BCUT2D eigenvalue weighted by molar-refractivity contribution is 0.401. The van der Waals surface area contributed by atoms with Crippen molar-refractivity contribution in [2.45, 2.75) is 39.2 Å². The van der Waals surface area contributed by atoms with Crippen molar-refractivity contribution in [1.82, 2.24) is 5.32 Å². The first kappa shape index (κ1) is 12.4. The van der Waals surface area contributed by atoms with Crippen LogP contribution in [-0.4, -0.2) is 13.7 Å². The van der Waals surface area contributed by atoms with Crippen LogP contribution in [0.3, 0.4) is 0 Å². The van der Waals surface area contributed by atoms with E-state index in [1.54, 1.807) is 7.11 Å². The van der Waals surface area contributed by atoms with Gasteiger partial charge < -0.3 is 10.1 Å². The fourth-order valence-electron chi connectivity index (χ4n) is 2.21. The molecule has 1 aromatic rings. The van der Waals surface area contributed by atoms with E-state index in [-0.39, 0.29) is 0 Å². The van der Waals surface area contributed by atoms with Crippen LogP contribution in [0.1, 0.15) is 43.4 Å². The van der Waals surface area contributed by atoms with E-state index in [1.807, 2.05) is 0 Å². The number of hydrogen-bond acceptors (Lipinski definition) is 2. The fraction of sp³-hybridized carbons (Fsp3) is 0.600. The predicted octanol–water partition coefficient (Wildman–Crippen LogP) is 3.45. The molecule has 1 unspecified atom stereocenters. The van der Waals surface area contributed by atoms with Gasteiger partial charge in [0.1, 0.15) is 5.75 Å². The minimum atomic E-state index is 0.364. The molecule has 1 fully saturated rings. The van der Waals surface area contributed by atoms with E-state index in [0.717, 1.165) is 18.2 Å². The van der Waals surface area contributed by atoms with Gasteiger partial charge in [0.25, 0.3) is 0 Å². The van der Waals surface area contributed by atoms with E-state index in [2.05, 4.69) is 37.4 Å². The number of methoxy groups -OCH3 is 1. The highest BCUT2D eigenvalue weighted by atomic mass is 16.5. The first-order valence-corrected chi connectivity index (χ1v) is 6.58. The average molecular weight is 233 g/mol. The molecular weight excluding hydrogens is 210 g/mol. The van der Waals surface area contributed by atoms with Crippen molar-refractivity contribution in [2.75, 3.05) is 13.7 Å². The van der Waals surface area contributed by atoms with Crippen LogP contribution in [0.25, 0.3) is 0 Å². The molecule has 1 aromatic carbocycles. The number of benzene rings is 1. The van der Waals surface area contributed by atoms with Gasteiger partial charge in [0.15, 0.2) is 0 Å². The Morgan fingerprint density at radius 2 is 2.18 bits per heavy atom. The van der Waals surface area contributed by atoms with Crippen LogP contribution in [0.15, 0.2) is 18.2 Å². The second-order valence-corrected chi connectivity index (χ2v) is 5.15. The molecule has 0 aromatic heterocycles. The van der Waals surface area contributed by atoms with Crippen molar-refractivity contribution in [3.05, 3.63) is 29.3 Å². The van der Waals surface area contributed by atoms with Gasteiger partial charge in [-0.15, -0.1) is 0 Å². The van der Waals surface area contributed by atoms with Gasteiger partial charge in [-0.1, -0.05) is 30.5 Å². The first-order valence-electron chi connectivity index (χ1n) is 6.58.